The normalized spacial score (nSPS) is 16.8. The lowest BCUT2D eigenvalue weighted by Gasteiger charge is -2.26. The van der Waals surface area contributed by atoms with Crippen LogP contribution in [0.5, 0.6) is 0 Å². The molecule has 3 aromatic rings. The molecule has 1 saturated heterocycles. The lowest BCUT2D eigenvalue weighted by molar-refractivity contribution is 0.0730. The van der Waals surface area contributed by atoms with Gasteiger partial charge in [-0.05, 0) is 50.1 Å². The van der Waals surface area contributed by atoms with Gasteiger partial charge in [0.15, 0.2) is 4.80 Å². The summed E-state index contributed by atoms with van der Waals surface area (Å²) in [6, 6.07) is 15.7. The summed E-state index contributed by atoms with van der Waals surface area (Å²) in [6.07, 6.45) is 2.14. The summed E-state index contributed by atoms with van der Waals surface area (Å²) in [5.41, 5.74) is 4.31. The zero-order valence-corrected chi connectivity index (χ0v) is 21.0. The van der Waals surface area contributed by atoms with Crippen LogP contribution in [0.25, 0.3) is 11.3 Å². The van der Waals surface area contributed by atoms with Crippen LogP contribution in [0.4, 0.5) is 5.69 Å². The molecule has 1 unspecified atom stereocenters. The van der Waals surface area contributed by atoms with E-state index in [1.807, 2.05) is 0 Å². The van der Waals surface area contributed by atoms with Crippen molar-refractivity contribution in [2.75, 3.05) is 26.3 Å². The van der Waals surface area contributed by atoms with Crippen LogP contribution >= 0.6 is 11.3 Å². The van der Waals surface area contributed by atoms with Crippen molar-refractivity contribution in [2.24, 2.45) is 4.99 Å². The maximum absolute atomic E-state index is 12.9. The molecule has 176 valence electrons. The van der Waals surface area contributed by atoms with Crippen molar-refractivity contribution in [2.45, 2.75) is 44.6 Å². The third kappa shape index (κ3) is 5.30. The molecule has 33 heavy (non-hydrogen) atoms. The van der Waals surface area contributed by atoms with Crippen LogP contribution in [0.15, 0.2) is 63.8 Å². The summed E-state index contributed by atoms with van der Waals surface area (Å²) in [6.45, 7) is 8.16. The van der Waals surface area contributed by atoms with Gasteiger partial charge in [0.05, 0.1) is 29.5 Å². The first-order chi connectivity index (χ1) is 15.9. The first-order valence-corrected chi connectivity index (χ1v) is 13.7. The van der Waals surface area contributed by atoms with Gasteiger partial charge in [-0.3, -0.25) is 0 Å². The number of hydrogen-bond acceptors (Lipinski definition) is 5. The molecule has 0 saturated carbocycles. The molecule has 2 heterocycles. The lowest BCUT2D eigenvalue weighted by Crippen LogP contribution is -2.40. The standard InChI is InChI=1S/C25H31N3O3S2/c1-4-5-20(3)28-24(21-8-6-19(2)7-9-21)18-32-25(28)26-22-10-12-23(13-11-22)33(29,30)27-14-16-31-17-15-27/h6-13,18,20H,4-5,14-17H2,1-3H3. The highest BCUT2D eigenvalue weighted by Crippen LogP contribution is 2.27. The van der Waals surface area contributed by atoms with Crippen LogP contribution in [0, 0.1) is 6.92 Å². The van der Waals surface area contributed by atoms with Gasteiger partial charge >= 0.3 is 0 Å². The quantitative estimate of drug-likeness (QED) is 0.465. The fourth-order valence-corrected chi connectivity index (χ4v) is 6.47. The molecule has 0 spiro atoms. The van der Waals surface area contributed by atoms with Crippen molar-refractivity contribution in [3.63, 3.8) is 0 Å². The minimum atomic E-state index is -3.51. The number of aryl methyl sites for hydroxylation is 1. The first-order valence-electron chi connectivity index (χ1n) is 11.4. The van der Waals surface area contributed by atoms with Crippen LogP contribution in [0.2, 0.25) is 0 Å². The van der Waals surface area contributed by atoms with Crippen molar-refractivity contribution >= 4 is 27.0 Å². The molecule has 8 heteroatoms. The SMILES string of the molecule is CCCC(C)n1c(-c2ccc(C)cc2)csc1=Nc1ccc(S(=O)(=O)N2CCOCC2)cc1. The molecule has 1 aromatic heterocycles. The highest BCUT2D eigenvalue weighted by atomic mass is 32.2. The number of ether oxygens (including phenoxy) is 1. The number of nitrogens with zero attached hydrogens (tertiary/aromatic N) is 3. The number of morpholine rings is 1. The van der Waals surface area contributed by atoms with Gasteiger partial charge in [-0.25, -0.2) is 13.4 Å². The van der Waals surface area contributed by atoms with Gasteiger partial charge < -0.3 is 9.30 Å². The van der Waals surface area contributed by atoms with E-state index >= 15 is 0 Å². The van der Waals surface area contributed by atoms with Crippen molar-refractivity contribution in [3.8, 4) is 11.3 Å². The Morgan fingerprint density at radius 2 is 1.73 bits per heavy atom. The molecule has 0 aliphatic carbocycles. The topological polar surface area (TPSA) is 63.9 Å². The van der Waals surface area contributed by atoms with Crippen LogP contribution in [0.1, 0.15) is 38.3 Å². The molecule has 2 aromatic carbocycles. The Balaban J connectivity index is 1.69. The lowest BCUT2D eigenvalue weighted by atomic mass is 10.1. The monoisotopic (exact) mass is 485 g/mol. The first kappa shape index (κ1) is 23.9. The molecule has 1 atom stereocenters. The van der Waals surface area contributed by atoms with E-state index in [1.165, 1.54) is 15.4 Å². The molecular formula is C25H31N3O3S2. The minimum Gasteiger partial charge on any atom is -0.379 e. The van der Waals surface area contributed by atoms with Gasteiger partial charge in [0, 0.05) is 24.5 Å². The van der Waals surface area contributed by atoms with Gasteiger partial charge in [-0.1, -0.05) is 43.2 Å². The van der Waals surface area contributed by atoms with Gasteiger partial charge in [0.1, 0.15) is 0 Å². The predicted octanol–water partition coefficient (Wildman–Crippen LogP) is 5.14. The van der Waals surface area contributed by atoms with Gasteiger partial charge in [0.25, 0.3) is 0 Å². The molecule has 0 bridgehead atoms. The van der Waals surface area contributed by atoms with Gasteiger partial charge in [0.2, 0.25) is 10.0 Å². The van der Waals surface area contributed by atoms with Crippen molar-refractivity contribution in [1.29, 1.82) is 0 Å². The maximum atomic E-state index is 12.9. The summed E-state index contributed by atoms with van der Waals surface area (Å²) in [5, 5.41) is 2.16. The summed E-state index contributed by atoms with van der Waals surface area (Å²) >= 11 is 1.61. The molecule has 0 N–H and O–H groups in total. The average molecular weight is 486 g/mol. The van der Waals surface area contributed by atoms with Crippen LogP contribution in [0.3, 0.4) is 0 Å². The van der Waals surface area contributed by atoms with E-state index in [9.17, 15) is 8.42 Å². The summed E-state index contributed by atoms with van der Waals surface area (Å²) in [4.78, 5) is 6.10. The van der Waals surface area contributed by atoms with E-state index in [-0.39, 0.29) is 0 Å². The second kappa shape index (κ2) is 10.3. The third-order valence-electron chi connectivity index (χ3n) is 5.91. The number of benzene rings is 2. The molecule has 1 aliphatic rings. The van der Waals surface area contributed by atoms with E-state index in [4.69, 9.17) is 9.73 Å². The fourth-order valence-electron chi connectivity index (χ4n) is 4.05. The Kier molecular flexibility index (Phi) is 7.48. The highest BCUT2D eigenvalue weighted by Gasteiger charge is 2.26. The Hall–Kier alpha value is -2.26. The fraction of sp³-hybridized carbons (Fsp3) is 0.400. The van der Waals surface area contributed by atoms with E-state index in [0.29, 0.717) is 37.2 Å². The zero-order chi connectivity index (χ0) is 23.4. The third-order valence-corrected chi connectivity index (χ3v) is 8.66. The molecule has 1 aliphatic heterocycles. The van der Waals surface area contributed by atoms with Crippen molar-refractivity contribution in [1.82, 2.24) is 8.87 Å². The summed E-state index contributed by atoms with van der Waals surface area (Å²) < 4.78 is 34.9. The Labute approximate surface area is 200 Å². The van der Waals surface area contributed by atoms with E-state index in [1.54, 1.807) is 35.6 Å². The molecule has 6 nitrogen and oxygen atoms in total. The Morgan fingerprint density at radius 3 is 2.36 bits per heavy atom. The zero-order valence-electron chi connectivity index (χ0n) is 19.4. The number of thiazole rings is 1. The number of sulfonamides is 1. The maximum Gasteiger partial charge on any atom is 0.243 e. The van der Waals surface area contributed by atoms with Gasteiger partial charge in [-0.15, -0.1) is 11.3 Å². The molecule has 0 amide bonds. The molecule has 0 radical (unpaired) electrons. The van der Waals surface area contributed by atoms with Crippen molar-refractivity contribution in [3.05, 3.63) is 64.3 Å². The van der Waals surface area contributed by atoms with Gasteiger partial charge in [-0.2, -0.15) is 4.31 Å². The predicted molar refractivity (Wildman–Crippen MR) is 133 cm³/mol. The molecule has 4 rings (SSSR count). The number of aromatic nitrogens is 1. The van der Waals surface area contributed by atoms with Crippen LogP contribution < -0.4 is 4.80 Å². The minimum absolute atomic E-state index is 0.294. The van der Waals surface area contributed by atoms with E-state index in [0.717, 1.165) is 29.0 Å². The number of hydrogen-bond donors (Lipinski definition) is 0. The van der Waals surface area contributed by atoms with Crippen LogP contribution in [-0.4, -0.2) is 43.6 Å². The smallest absolute Gasteiger partial charge is 0.243 e. The largest absolute Gasteiger partial charge is 0.379 e. The summed E-state index contributed by atoms with van der Waals surface area (Å²) in [7, 11) is -3.51. The second-order valence-electron chi connectivity index (χ2n) is 8.40. The highest BCUT2D eigenvalue weighted by molar-refractivity contribution is 7.89. The molecular weight excluding hydrogens is 454 g/mol. The van der Waals surface area contributed by atoms with Crippen molar-refractivity contribution < 1.29 is 13.2 Å². The molecule has 1 fully saturated rings. The van der Waals surface area contributed by atoms with E-state index < -0.39 is 10.0 Å². The Morgan fingerprint density at radius 1 is 1.06 bits per heavy atom. The van der Waals surface area contributed by atoms with E-state index in [2.05, 4.69) is 55.0 Å². The summed E-state index contributed by atoms with van der Waals surface area (Å²) in [5.74, 6) is 0. The second-order valence-corrected chi connectivity index (χ2v) is 11.2. The van der Waals surface area contributed by atoms with Crippen LogP contribution in [-0.2, 0) is 14.8 Å². The Bertz CT molecular complexity index is 1240. The average Bonchev–Trinajstić information content (AvgIpc) is 3.24. The number of rotatable bonds is 7.